The molecular formula is C12H14S. The highest BCUT2D eigenvalue weighted by atomic mass is 32.2. The van der Waals surface area contributed by atoms with Gasteiger partial charge >= 0.3 is 0 Å². The molecule has 0 fully saturated rings. The molecule has 13 heavy (non-hydrogen) atoms. The van der Waals surface area contributed by atoms with Gasteiger partial charge in [-0.05, 0) is 35.3 Å². The number of thioether (sulfide) groups is 1. The van der Waals surface area contributed by atoms with Crippen LogP contribution in [0.3, 0.4) is 0 Å². The van der Waals surface area contributed by atoms with Gasteiger partial charge in [0.25, 0.3) is 0 Å². The third-order valence-electron chi connectivity index (χ3n) is 1.67. The first-order valence-corrected chi connectivity index (χ1v) is 5.12. The van der Waals surface area contributed by atoms with Crippen LogP contribution < -0.4 is 0 Å². The summed E-state index contributed by atoms with van der Waals surface area (Å²) in [6.45, 7) is 7.97. The van der Waals surface area contributed by atoms with Crippen LogP contribution in [0.4, 0.5) is 0 Å². The van der Waals surface area contributed by atoms with Gasteiger partial charge in [-0.2, -0.15) is 0 Å². The first kappa shape index (κ1) is 10.1. The third kappa shape index (κ3) is 3.51. The first-order valence-electron chi connectivity index (χ1n) is 4.24. The summed E-state index contributed by atoms with van der Waals surface area (Å²) >= 11 is 1.68. The molecule has 1 rings (SSSR count). The largest absolute Gasteiger partial charge is 0.103 e. The van der Waals surface area contributed by atoms with E-state index in [0.29, 0.717) is 0 Å². The van der Waals surface area contributed by atoms with Crippen molar-refractivity contribution in [1.29, 1.82) is 0 Å². The molecule has 0 bridgehead atoms. The van der Waals surface area contributed by atoms with Crippen LogP contribution in [-0.2, 0) is 0 Å². The van der Waals surface area contributed by atoms with Gasteiger partial charge in [-0.25, -0.2) is 0 Å². The zero-order valence-corrected chi connectivity index (χ0v) is 8.90. The lowest BCUT2D eigenvalue weighted by Gasteiger charge is -2.00. The molecule has 1 aromatic rings. The fraction of sp³-hybridized carbons (Fsp3) is 0.167. The summed E-state index contributed by atoms with van der Waals surface area (Å²) in [7, 11) is 0. The fourth-order valence-electron chi connectivity index (χ4n) is 0.958. The molecule has 1 heteroatoms. The van der Waals surface area contributed by atoms with E-state index in [2.05, 4.69) is 43.2 Å². The lowest BCUT2D eigenvalue weighted by molar-refractivity contribution is 1.58. The maximum Gasteiger partial charge on any atom is -0.0210 e. The van der Waals surface area contributed by atoms with E-state index in [0.717, 1.165) is 4.91 Å². The van der Waals surface area contributed by atoms with Crippen LogP contribution in [-0.4, -0.2) is 0 Å². The summed E-state index contributed by atoms with van der Waals surface area (Å²) in [5, 5.41) is 2.14. The Morgan fingerprint density at radius 1 is 1.23 bits per heavy atom. The van der Waals surface area contributed by atoms with E-state index in [1.807, 2.05) is 13.0 Å². The molecule has 0 saturated heterocycles. The molecular weight excluding hydrogens is 176 g/mol. The standard InChI is InChI=1S/C12H14S/c1-10(2)13-9-11(3)12-7-5-4-6-8-12/h4-9H,1H2,2-3H3/b11-9+. The van der Waals surface area contributed by atoms with E-state index < -0.39 is 0 Å². The summed E-state index contributed by atoms with van der Waals surface area (Å²) < 4.78 is 0. The Labute approximate surface area is 84.4 Å². The molecule has 0 N–H and O–H groups in total. The maximum atomic E-state index is 3.84. The Hall–Kier alpha value is -0.950. The van der Waals surface area contributed by atoms with E-state index in [9.17, 15) is 0 Å². The quantitative estimate of drug-likeness (QED) is 0.684. The summed E-state index contributed by atoms with van der Waals surface area (Å²) in [6.07, 6.45) is 0. The predicted molar refractivity (Wildman–Crippen MR) is 62.5 cm³/mol. The molecule has 1 aromatic carbocycles. The minimum Gasteiger partial charge on any atom is -0.103 e. The van der Waals surface area contributed by atoms with E-state index in [1.54, 1.807) is 11.8 Å². The smallest absolute Gasteiger partial charge is 0.0210 e. The second-order valence-corrected chi connectivity index (χ2v) is 4.16. The van der Waals surface area contributed by atoms with Crippen LogP contribution in [0.25, 0.3) is 5.57 Å². The zero-order valence-electron chi connectivity index (χ0n) is 8.08. The van der Waals surface area contributed by atoms with Crippen molar-refractivity contribution >= 4 is 17.3 Å². The van der Waals surface area contributed by atoms with Gasteiger partial charge in [0.2, 0.25) is 0 Å². The van der Waals surface area contributed by atoms with Crippen molar-refractivity contribution in [1.82, 2.24) is 0 Å². The average Bonchev–Trinajstić information content (AvgIpc) is 2.15. The molecule has 0 aliphatic heterocycles. The average molecular weight is 190 g/mol. The second kappa shape index (κ2) is 4.93. The lowest BCUT2D eigenvalue weighted by Crippen LogP contribution is -1.75. The Morgan fingerprint density at radius 3 is 2.38 bits per heavy atom. The van der Waals surface area contributed by atoms with Crippen molar-refractivity contribution < 1.29 is 0 Å². The van der Waals surface area contributed by atoms with Gasteiger partial charge < -0.3 is 0 Å². The van der Waals surface area contributed by atoms with Crippen LogP contribution in [0.1, 0.15) is 19.4 Å². The molecule has 0 saturated carbocycles. The predicted octanol–water partition coefficient (Wildman–Crippen LogP) is 4.31. The molecule has 0 unspecified atom stereocenters. The molecule has 0 heterocycles. The van der Waals surface area contributed by atoms with Gasteiger partial charge in [-0.15, -0.1) is 11.8 Å². The molecule has 0 radical (unpaired) electrons. The van der Waals surface area contributed by atoms with Crippen LogP contribution >= 0.6 is 11.8 Å². The molecule has 0 aliphatic carbocycles. The second-order valence-electron chi connectivity index (χ2n) is 2.99. The van der Waals surface area contributed by atoms with Crippen LogP contribution in [0.2, 0.25) is 0 Å². The van der Waals surface area contributed by atoms with Gasteiger partial charge in [-0.1, -0.05) is 36.9 Å². The summed E-state index contributed by atoms with van der Waals surface area (Å²) in [4.78, 5) is 1.12. The normalized spacial score (nSPS) is 11.4. The van der Waals surface area contributed by atoms with Gasteiger partial charge in [0, 0.05) is 0 Å². The lowest BCUT2D eigenvalue weighted by atomic mass is 10.1. The highest BCUT2D eigenvalue weighted by Gasteiger charge is 1.92. The number of rotatable bonds is 3. The Kier molecular flexibility index (Phi) is 3.84. The Balaban J connectivity index is 2.73. The van der Waals surface area contributed by atoms with Crippen molar-refractivity contribution in [2.45, 2.75) is 13.8 Å². The number of hydrogen-bond acceptors (Lipinski definition) is 1. The summed E-state index contributed by atoms with van der Waals surface area (Å²) in [5.41, 5.74) is 2.56. The SMILES string of the molecule is C=C(C)S/C=C(\C)c1ccccc1. The Bertz CT molecular complexity index is 309. The first-order chi connectivity index (χ1) is 6.20. The monoisotopic (exact) mass is 190 g/mol. The topological polar surface area (TPSA) is 0 Å². The van der Waals surface area contributed by atoms with Crippen molar-refractivity contribution in [2.75, 3.05) is 0 Å². The number of benzene rings is 1. The molecule has 0 spiro atoms. The minimum absolute atomic E-state index is 1.12. The molecule has 0 aliphatic rings. The van der Waals surface area contributed by atoms with Crippen molar-refractivity contribution in [3.63, 3.8) is 0 Å². The number of hydrogen-bond donors (Lipinski definition) is 0. The van der Waals surface area contributed by atoms with E-state index in [4.69, 9.17) is 0 Å². The minimum atomic E-state index is 1.12. The van der Waals surface area contributed by atoms with Crippen molar-refractivity contribution in [2.24, 2.45) is 0 Å². The molecule has 68 valence electrons. The number of allylic oxidation sites excluding steroid dienone is 2. The summed E-state index contributed by atoms with van der Waals surface area (Å²) in [5.74, 6) is 0. The molecule has 0 amide bonds. The molecule has 0 nitrogen and oxygen atoms in total. The van der Waals surface area contributed by atoms with Gasteiger partial charge in [0.15, 0.2) is 0 Å². The van der Waals surface area contributed by atoms with Crippen LogP contribution in [0.5, 0.6) is 0 Å². The zero-order chi connectivity index (χ0) is 9.68. The Morgan fingerprint density at radius 2 is 1.85 bits per heavy atom. The summed E-state index contributed by atoms with van der Waals surface area (Å²) in [6, 6.07) is 10.4. The van der Waals surface area contributed by atoms with E-state index in [1.165, 1.54) is 11.1 Å². The van der Waals surface area contributed by atoms with Crippen molar-refractivity contribution in [3.8, 4) is 0 Å². The highest BCUT2D eigenvalue weighted by Crippen LogP contribution is 2.21. The molecule has 0 atom stereocenters. The van der Waals surface area contributed by atoms with Gasteiger partial charge in [0.05, 0.1) is 0 Å². The van der Waals surface area contributed by atoms with Crippen LogP contribution in [0.15, 0.2) is 47.2 Å². The van der Waals surface area contributed by atoms with Gasteiger partial charge in [-0.3, -0.25) is 0 Å². The molecule has 0 aromatic heterocycles. The van der Waals surface area contributed by atoms with Crippen LogP contribution in [0, 0.1) is 0 Å². The maximum absolute atomic E-state index is 3.84. The van der Waals surface area contributed by atoms with E-state index in [-0.39, 0.29) is 0 Å². The third-order valence-corrected chi connectivity index (χ3v) is 2.54. The highest BCUT2D eigenvalue weighted by molar-refractivity contribution is 8.05. The van der Waals surface area contributed by atoms with E-state index >= 15 is 0 Å². The van der Waals surface area contributed by atoms with Crippen molar-refractivity contribution in [3.05, 3.63) is 52.8 Å². The van der Waals surface area contributed by atoms with Gasteiger partial charge in [0.1, 0.15) is 0 Å². The fourth-order valence-corrected chi connectivity index (χ4v) is 1.47.